The molecule has 112 valence electrons. The monoisotopic (exact) mass is 327 g/mol. The van der Waals surface area contributed by atoms with Gasteiger partial charge in [-0.2, -0.15) is 8.75 Å². The molecule has 1 aliphatic rings. The van der Waals surface area contributed by atoms with Crippen LogP contribution in [0.3, 0.4) is 0 Å². The van der Waals surface area contributed by atoms with Crippen LogP contribution in [0.15, 0.2) is 23.1 Å². The Morgan fingerprint density at radius 3 is 2.95 bits per heavy atom. The third-order valence-electron chi connectivity index (χ3n) is 3.42. The molecule has 1 fully saturated rings. The standard InChI is InChI=1S/C12H13N3O4S2/c1-7-5-6-19-11(7)12(16)15-21(17,18)9-4-2-3-8-10(9)14-20-13-8/h2-4,7,11H,5-6H2,1H3,(H,15,16)/t7-,11+/m1/s1. The van der Waals surface area contributed by atoms with E-state index in [4.69, 9.17) is 4.74 Å². The van der Waals surface area contributed by atoms with Gasteiger partial charge in [0.2, 0.25) is 0 Å². The smallest absolute Gasteiger partial charge is 0.266 e. The van der Waals surface area contributed by atoms with Gasteiger partial charge in [0.15, 0.2) is 0 Å². The van der Waals surface area contributed by atoms with E-state index in [0.29, 0.717) is 12.1 Å². The van der Waals surface area contributed by atoms with E-state index < -0.39 is 22.0 Å². The van der Waals surface area contributed by atoms with Crippen molar-refractivity contribution >= 4 is 38.7 Å². The fourth-order valence-electron chi connectivity index (χ4n) is 2.27. The number of hydrogen-bond acceptors (Lipinski definition) is 7. The van der Waals surface area contributed by atoms with Crippen molar-refractivity contribution in [3.8, 4) is 0 Å². The number of carbonyl (C=O) groups excluding carboxylic acids is 1. The van der Waals surface area contributed by atoms with Crippen LogP contribution in [0.4, 0.5) is 0 Å². The van der Waals surface area contributed by atoms with Gasteiger partial charge in [-0.25, -0.2) is 13.1 Å². The summed E-state index contributed by atoms with van der Waals surface area (Å²) in [6, 6.07) is 4.64. The third-order valence-corrected chi connectivity index (χ3v) is 5.34. The lowest BCUT2D eigenvalue weighted by Gasteiger charge is -2.14. The van der Waals surface area contributed by atoms with Crippen LogP contribution in [0.5, 0.6) is 0 Å². The zero-order chi connectivity index (χ0) is 15.0. The third kappa shape index (κ3) is 2.63. The average Bonchev–Trinajstić information content (AvgIpc) is 3.05. The Kier molecular flexibility index (Phi) is 3.64. The van der Waals surface area contributed by atoms with Gasteiger partial charge in [-0.1, -0.05) is 13.0 Å². The van der Waals surface area contributed by atoms with Gasteiger partial charge < -0.3 is 4.74 Å². The van der Waals surface area contributed by atoms with Gasteiger partial charge in [0.1, 0.15) is 22.0 Å². The number of hydrogen-bond donors (Lipinski definition) is 1. The predicted octanol–water partition coefficient (Wildman–Crippen LogP) is 0.921. The Bertz CT molecular complexity index is 787. The Hall–Kier alpha value is -1.58. The van der Waals surface area contributed by atoms with E-state index in [-0.39, 0.29) is 16.3 Å². The number of amides is 1. The molecule has 1 aliphatic heterocycles. The molecule has 1 N–H and O–H groups in total. The van der Waals surface area contributed by atoms with Crippen molar-refractivity contribution in [1.29, 1.82) is 0 Å². The first-order valence-corrected chi connectivity index (χ1v) is 8.60. The molecule has 0 unspecified atom stereocenters. The van der Waals surface area contributed by atoms with E-state index in [1.165, 1.54) is 6.07 Å². The van der Waals surface area contributed by atoms with Crippen LogP contribution in [-0.4, -0.2) is 35.8 Å². The maximum Gasteiger partial charge on any atom is 0.266 e. The minimum absolute atomic E-state index is 0.00284. The quantitative estimate of drug-likeness (QED) is 0.900. The van der Waals surface area contributed by atoms with Crippen molar-refractivity contribution in [2.24, 2.45) is 5.92 Å². The first-order chi connectivity index (χ1) is 9.99. The van der Waals surface area contributed by atoms with Crippen molar-refractivity contribution in [3.63, 3.8) is 0 Å². The molecular formula is C12H13N3O4S2. The summed E-state index contributed by atoms with van der Waals surface area (Å²) >= 11 is 0.926. The molecule has 1 aromatic carbocycles. The molecule has 21 heavy (non-hydrogen) atoms. The highest BCUT2D eigenvalue weighted by Crippen LogP contribution is 2.23. The highest BCUT2D eigenvalue weighted by Gasteiger charge is 2.34. The molecule has 0 radical (unpaired) electrons. The van der Waals surface area contributed by atoms with Gasteiger partial charge in [-0.15, -0.1) is 0 Å². The molecule has 2 heterocycles. The summed E-state index contributed by atoms with van der Waals surface area (Å²) in [6.07, 6.45) is 0.0107. The topological polar surface area (TPSA) is 98.2 Å². The second-order valence-corrected chi connectivity index (χ2v) is 7.09. The van der Waals surface area contributed by atoms with Gasteiger partial charge >= 0.3 is 0 Å². The number of ether oxygens (including phenoxy) is 1. The first kappa shape index (κ1) is 14.4. The normalized spacial score (nSPS) is 22.5. The largest absolute Gasteiger partial charge is 0.368 e. The summed E-state index contributed by atoms with van der Waals surface area (Å²) in [5.74, 6) is -0.642. The van der Waals surface area contributed by atoms with E-state index in [2.05, 4.69) is 13.5 Å². The Morgan fingerprint density at radius 2 is 2.24 bits per heavy atom. The first-order valence-electron chi connectivity index (χ1n) is 6.38. The molecule has 9 heteroatoms. The number of rotatable bonds is 3. The fraction of sp³-hybridized carbons (Fsp3) is 0.417. The Morgan fingerprint density at radius 1 is 1.43 bits per heavy atom. The maximum absolute atomic E-state index is 12.4. The molecule has 1 aromatic heterocycles. The molecular weight excluding hydrogens is 314 g/mol. The zero-order valence-corrected chi connectivity index (χ0v) is 12.8. The van der Waals surface area contributed by atoms with Crippen molar-refractivity contribution in [2.75, 3.05) is 6.61 Å². The van der Waals surface area contributed by atoms with Gasteiger partial charge in [-0.05, 0) is 24.5 Å². The van der Waals surface area contributed by atoms with Crippen molar-refractivity contribution in [2.45, 2.75) is 24.3 Å². The van der Waals surface area contributed by atoms with Crippen LogP contribution >= 0.6 is 11.7 Å². The average molecular weight is 327 g/mol. The molecule has 2 atom stereocenters. The fourth-order valence-corrected chi connectivity index (χ4v) is 4.04. The SMILES string of the molecule is C[C@@H]1CCO[C@@H]1C(=O)NS(=O)(=O)c1cccc2nsnc12. The van der Waals surface area contributed by atoms with Crippen LogP contribution < -0.4 is 4.72 Å². The lowest BCUT2D eigenvalue weighted by atomic mass is 10.0. The molecule has 1 amide bonds. The summed E-state index contributed by atoms with van der Waals surface area (Å²) in [5, 5.41) is 0. The highest BCUT2D eigenvalue weighted by molar-refractivity contribution is 7.90. The van der Waals surface area contributed by atoms with Crippen molar-refractivity contribution in [3.05, 3.63) is 18.2 Å². The minimum Gasteiger partial charge on any atom is -0.368 e. The molecule has 7 nitrogen and oxygen atoms in total. The molecule has 0 bridgehead atoms. The second-order valence-electron chi connectivity index (χ2n) is 4.92. The van der Waals surface area contributed by atoms with Crippen molar-refractivity contribution < 1.29 is 17.9 Å². The number of nitrogens with one attached hydrogen (secondary N) is 1. The molecule has 0 spiro atoms. The number of benzene rings is 1. The number of fused-ring (bicyclic) bond motifs is 1. The van der Waals surface area contributed by atoms with E-state index in [9.17, 15) is 13.2 Å². The molecule has 0 saturated carbocycles. The van der Waals surface area contributed by atoms with Crippen LogP contribution in [0.25, 0.3) is 11.0 Å². The van der Waals surface area contributed by atoms with Crippen LogP contribution in [0.1, 0.15) is 13.3 Å². The lowest BCUT2D eigenvalue weighted by Crippen LogP contribution is -2.40. The summed E-state index contributed by atoms with van der Waals surface area (Å²) in [4.78, 5) is 12.0. The number of aromatic nitrogens is 2. The summed E-state index contributed by atoms with van der Waals surface area (Å²) in [6.45, 7) is 2.32. The summed E-state index contributed by atoms with van der Waals surface area (Å²) < 4.78 is 40.0. The van der Waals surface area contributed by atoms with Crippen molar-refractivity contribution in [1.82, 2.24) is 13.5 Å². The summed E-state index contributed by atoms with van der Waals surface area (Å²) in [5.41, 5.74) is 0.754. The van der Waals surface area contributed by atoms with Crippen LogP contribution in [-0.2, 0) is 19.6 Å². The predicted molar refractivity (Wildman–Crippen MR) is 76.3 cm³/mol. The maximum atomic E-state index is 12.4. The van der Waals surface area contributed by atoms with Gasteiger partial charge in [-0.3, -0.25) is 4.79 Å². The number of carbonyl (C=O) groups is 1. The van der Waals surface area contributed by atoms with Crippen LogP contribution in [0.2, 0.25) is 0 Å². The number of sulfonamides is 1. The number of nitrogens with zero attached hydrogens (tertiary/aromatic N) is 2. The molecule has 2 aromatic rings. The Balaban J connectivity index is 1.90. The molecule has 3 rings (SSSR count). The molecule has 0 aliphatic carbocycles. The van der Waals surface area contributed by atoms with Gasteiger partial charge in [0.05, 0.1) is 11.7 Å². The second kappa shape index (κ2) is 5.32. The van der Waals surface area contributed by atoms with Gasteiger partial charge in [0, 0.05) is 6.61 Å². The zero-order valence-electron chi connectivity index (χ0n) is 11.1. The summed E-state index contributed by atoms with van der Waals surface area (Å²) in [7, 11) is -3.99. The minimum atomic E-state index is -3.99. The Labute approximate surface area is 125 Å². The lowest BCUT2D eigenvalue weighted by molar-refractivity contribution is -0.129. The highest BCUT2D eigenvalue weighted by atomic mass is 32.2. The van der Waals surface area contributed by atoms with E-state index >= 15 is 0 Å². The van der Waals surface area contributed by atoms with E-state index in [0.717, 1.165) is 18.1 Å². The van der Waals surface area contributed by atoms with Crippen LogP contribution in [0, 0.1) is 5.92 Å². The van der Waals surface area contributed by atoms with Gasteiger partial charge in [0.25, 0.3) is 15.9 Å². The van der Waals surface area contributed by atoms with E-state index in [1.807, 2.05) is 6.92 Å². The molecule has 1 saturated heterocycles. The van der Waals surface area contributed by atoms with E-state index in [1.54, 1.807) is 12.1 Å².